The van der Waals surface area contributed by atoms with Crippen molar-refractivity contribution in [2.24, 2.45) is 0 Å². The molecule has 3 rings (SSSR count). The topological polar surface area (TPSA) is 75.5 Å². The lowest BCUT2D eigenvalue weighted by Crippen LogP contribution is -2.36. The van der Waals surface area contributed by atoms with Gasteiger partial charge in [0, 0.05) is 11.8 Å². The fourth-order valence-electron chi connectivity index (χ4n) is 2.22. The molecule has 0 bridgehead atoms. The van der Waals surface area contributed by atoms with Gasteiger partial charge in [0.15, 0.2) is 0 Å². The van der Waals surface area contributed by atoms with E-state index >= 15 is 0 Å². The number of pyridine rings is 1. The number of hydrogen-bond donors (Lipinski definition) is 2. The third-order valence-electron chi connectivity index (χ3n) is 3.40. The maximum absolute atomic E-state index is 11.8. The van der Waals surface area contributed by atoms with Crippen LogP contribution >= 0.6 is 0 Å². The van der Waals surface area contributed by atoms with Crippen molar-refractivity contribution in [3.63, 3.8) is 0 Å². The van der Waals surface area contributed by atoms with Crippen molar-refractivity contribution in [1.29, 1.82) is 0 Å². The maximum atomic E-state index is 11.8. The van der Waals surface area contributed by atoms with E-state index in [1.165, 1.54) is 0 Å². The summed E-state index contributed by atoms with van der Waals surface area (Å²) in [6.45, 7) is 0.231. The molecule has 1 aromatic carbocycles. The number of nitrogens with zero attached hydrogens (tertiary/aromatic N) is 2. The highest BCUT2D eigenvalue weighted by atomic mass is 16.2. The lowest BCUT2D eigenvalue weighted by Gasteiger charge is -2.07. The highest BCUT2D eigenvalue weighted by molar-refractivity contribution is 5.96. The van der Waals surface area contributed by atoms with E-state index in [0.717, 1.165) is 11.3 Å². The first kappa shape index (κ1) is 14.8. The highest BCUT2D eigenvalue weighted by Crippen LogP contribution is 2.05. The molecule has 0 aliphatic heterocycles. The summed E-state index contributed by atoms with van der Waals surface area (Å²) >= 11 is 0. The summed E-state index contributed by atoms with van der Waals surface area (Å²) < 4.78 is 1.91. The molecule has 6 nitrogen and oxygen atoms in total. The zero-order chi connectivity index (χ0) is 16.1. The van der Waals surface area contributed by atoms with E-state index < -0.39 is 0 Å². The van der Waals surface area contributed by atoms with Crippen LogP contribution in [0.15, 0.2) is 60.9 Å². The van der Waals surface area contributed by atoms with Crippen LogP contribution in [0.25, 0.3) is 5.52 Å². The Kier molecular flexibility index (Phi) is 4.33. The van der Waals surface area contributed by atoms with Crippen LogP contribution in [0.4, 0.5) is 0 Å². The third-order valence-corrected chi connectivity index (χ3v) is 3.40. The highest BCUT2D eigenvalue weighted by Gasteiger charge is 2.08. The number of fused-ring (bicyclic) bond motifs is 1. The van der Waals surface area contributed by atoms with Gasteiger partial charge in [-0.25, -0.2) is 4.98 Å². The van der Waals surface area contributed by atoms with Crippen molar-refractivity contribution in [1.82, 2.24) is 20.0 Å². The van der Waals surface area contributed by atoms with E-state index in [-0.39, 0.29) is 18.4 Å². The van der Waals surface area contributed by atoms with E-state index in [2.05, 4.69) is 15.6 Å². The van der Waals surface area contributed by atoms with Gasteiger partial charge in [-0.2, -0.15) is 0 Å². The van der Waals surface area contributed by atoms with Crippen molar-refractivity contribution < 1.29 is 9.59 Å². The number of benzene rings is 1. The van der Waals surface area contributed by atoms with E-state index in [4.69, 9.17) is 0 Å². The van der Waals surface area contributed by atoms with Crippen LogP contribution in [-0.4, -0.2) is 27.7 Å². The van der Waals surface area contributed by atoms with Crippen LogP contribution in [0.1, 0.15) is 16.2 Å². The fourth-order valence-corrected chi connectivity index (χ4v) is 2.22. The predicted octanol–water partition coefficient (Wildman–Crippen LogP) is 1.38. The van der Waals surface area contributed by atoms with Crippen molar-refractivity contribution in [3.05, 3.63) is 72.3 Å². The number of nitrogens with one attached hydrogen (secondary N) is 2. The number of carbonyl (C=O) groups is 2. The van der Waals surface area contributed by atoms with Crippen molar-refractivity contribution in [2.75, 3.05) is 6.54 Å². The summed E-state index contributed by atoms with van der Waals surface area (Å²) in [5, 5.41) is 5.33. The molecule has 0 radical (unpaired) electrons. The molecule has 0 aliphatic carbocycles. The van der Waals surface area contributed by atoms with Crippen molar-refractivity contribution >= 4 is 17.3 Å². The second kappa shape index (κ2) is 6.74. The van der Waals surface area contributed by atoms with Gasteiger partial charge in [0.2, 0.25) is 5.91 Å². The summed E-state index contributed by atoms with van der Waals surface area (Å²) in [5.41, 5.74) is 1.49. The average molecular weight is 308 g/mol. The van der Waals surface area contributed by atoms with Gasteiger partial charge in [-0.3, -0.25) is 9.59 Å². The van der Waals surface area contributed by atoms with Crippen LogP contribution in [0.5, 0.6) is 0 Å². The Labute approximate surface area is 133 Å². The Morgan fingerprint density at radius 1 is 1.00 bits per heavy atom. The van der Waals surface area contributed by atoms with Crippen LogP contribution in [0.3, 0.4) is 0 Å². The Hall–Kier alpha value is -3.15. The van der Waals surface area contributed by atoms with Crippen molar-refractivity contribution in [2.45, 2.75) is 6.54 Å². The molecule has 2 amide bonds. The molecule has 0 saturated carbocycles. The molecule has 116 valence electrons. The van der Waals surface area contributed by atoms with Gasteiger partial charge in [0.1, 0.15) is 5.82 Å². The molecule has 0 fully saturated rings. The fraction of sp³-hybridized carbons (Fsp3) is 0.118. The molecule has 3 aromatic rings. The van der Waals surface area contributed by atoms with Crippen LogP contribution in [0, 0.1) is 0 Å². The molecule has 0 atom stereocenters. The molecular formula is C17H16N4O2. The molecule has 0 unspecified atom stereocenters. The average Bonchev–Trinajstić information content (AvgIpc) is 3.02. The molecule has 2 N–H and O–H groups in total. The summed E-state index contributed by atoms with van der Waals surface area (Å²) in [4.78, 5) is 28.0. The second-order valence-corrected chi connectivity index (χ2v) is 5.00. The molecule has 2 heterocycles. The number of aromatic nitrogens is 2. The van der Waals surface area contributed by atoms with Crippen LogP contribution in [0.2, 0.25) is 0 Å². The number of hydrogen-bond acceptors (Lipinski definition) is 3. The normalized spacial score (nSPS) is 10.4. The lowest BCUT2D eigenvalue weighted by molar-refractivity contribution is -0.120. The first-order chi connectivity index (χ1) is 11.2. The zero-order valence-corrected chi connectivity index (χ0v) is 12.4. The van der Waals surface area contributed by atoms with Crippen LogP contribution < -0.4 is 10.6 Å². The SMILES string of the molecule is O=C(CNC(=O)c1ccccc1)NCc1ncc2ccccn12. The minimum atomic E-state index is -0.271. The predicted molar refractivity (Wildman–Crippen MR) is 85.8 cm³/mol. The minimum Gasteiger partial charge on any atom is -0.347 e. The van der Waals surface area contributed by atoms with E-state index in [0.29, 0.717) is 12.1 Å². The lowest BCUT2D eigenvalue weighted by atomic mass is 10.2. The molecular weight excluding hydrogens is 292 g/mol. The van der Waals surface area contributed by atoms with Gasteiger partial charge in [-0.1, -0.05) is 24.3 Å². The summed E-state index contributed by atoms with van der Waals surface area (Å²) in [6.07, 6.45) is 3.64. The smallest absolute Gasteiger partial charge is 0.251 e. The Balaban J connectivity index is 1.51. The third kappa shape index (κ3) is 3.55. The van der Waals surface area contributed by atoms with E-state index in [1.807, 2.05) is 34.9 Å². The molecule has 0 spiro atoms. The number of imidazole rings is 1. The number of carbonyl (C=O) groups excluding carboxylic acids is 2. The Morgan fingerprint density at radius 3 is 2.61 bits per heavy atom. The van der Waals surface area contributed by atoms with Gasteiger partial charge in [0.25, 0.3) is 5.91 Å². The maximum Gasteiger partial charge on any atom is 0.251 e. The monoisotopic (exact) mass is 308 g/mol. The minimum absolute atomic E-state index is 0.0724. The van der Waals surface area contributed by atoms with Crippen molar-refractivity contribution in [3.8, 4) is 0 Å². The quantitative estimate of drug-likeness (QED) is 0.748. The van der Waals surface area contributed by atoms with E-state index in [9.17, 15) is 9.59 Å². The summed E-state index contributed by atoms with van der Waals surface area (Å²) in [5.74, 6) is 0.206. The number of rotatable bonds is 5. The van der Waals surface area contributed by atoms with Crippen LogP contribution in [-0.2, 0) is 11.3 Å². The van der Waals surface area contributed by atoms with Gasteiger partial charge < -0.3 is 15.0 Å². The molecule has 0 aliphatic rings. The first-order valence-corrected chi connectivity index (χ1v) is 7.25. The first-order valence-electron chi connectivity index (χ1n) is 7.25. The standard InChI is InChI=1S/C17H16N4O2/c22-16(12-20-17(23)13-6-2-1-3-7-13)19-11-15-18-10-14-8-4-5-9-21(14)15/h1-10H,11-12H2,(H,19,22)(H,20,23). The van der Waals surface area contributed by atoms with Gasteiger partial charge >= 0.3 is 0 Å². The van der Waals surface area contributed by atoms with Gasteiger partial charge in [0.05, 0.1) is 24.8 Å². The molecule has 6 heteroatoms. The molecule has 0 saturated heterocycles. The summed E-state index contributed by atoms with van der Waals surface area (Å²) in [6, 6.07) is 14.6. The summed E-state index contributed by atoms with van der Waals surface area (Å²) in [7, 11) is 0. The Morgan fingerprint density at radius 2 is 1.78 bits per heavy atom. The number of amides is 2. The second-order valence-electron chi connectivity index (χ2n) is 5.00. The zero-order valence-electron chi connectivity index (χ0n) is 12.4. The Bertz CT molecular complexity index is 827. The molecule has 2 aromatic heterocycles. The van der Waals surface area contributed by atoms with Gasteiger partial charge in [-0.15, -0.1) is 0 Å². The molecule has 23 heavy (non-hydrogen) atoms. The van der Waals surface area contributed by atoms with Gasteiger partial charge in [-0.05, 0) is 24.3 Å². The largest absolute Gasteiger partial charge is 0.347 e. The van der Waals surface area contributed by atoms with E-state index in [1.54, 1.807) is 30.5 Å².